The number of sulfonamides is 1. The summed E-state index contributed by atoms with van der Waals surface area (Å²) >= 11 is 0. The normalized spacial score (nSPS) is 11.1. The molecule has 0 saturated carbocycles. The molecule has 0 spiro atoms. The first-order valence-corrected chi connectivity index (χ1v) is 7.54. The Kier molecular flexibility index (Phi) is 5.33. The van der Waals surface area contributed by atoms with Crippen LogP contribution in [-0.2, 0) is 10.0 Å². The summed E-state index contributed by atoms with van der Waals surface area (Å²) in [4.78, 5) is 0.0188. The molecule has 1 rings (SSSR count). The lowest BCUT2D eigenvalue weighted by Crippen LogP contribution is -2.15. The molecule has 0 fully saturated rings. The molecule has 1 aromatic rings. The Hall–Kier alpha value is -1.58. The molecular formula is C13H18N2O3S. The first kappa shape index (κ1) is 15.5. The summed E-state index contributed by atoms with van der Waals surface area (Å²) in [5, 5.41) is 13.6. The standard InChI is InChI=1S/C13H18N2O3S/c1-10-8-11(2)13(12(9-10)19(15,16)17)18-7-5-3-4-6-14/h8-9H,3-5,7H2,1-2H3,(H2,15,16,17). The van der Waals surface area contributed by atoms with E-state index in [1.807, 2.05) is 12.1 Å². The Morgan fingerprint density at radius 3 is 2.58 bits per heavy atom. The fourth-order valence-corrected chi connectivity index (χ4v) is 2.62. The predicted octanol–water partition coefficient (Wildman–Crippen LogP) is 2.02. The Balaban J connectivity index is 2.91. The van der Waals surface area contributed by atoms with Crippen LogP contribution in [0.5, 0.6) is 5.75 Å². The van der Waals surface area contributed by atoms with Gasteiger partial charge in [0.15, 0.2) is 0 Å². The van der Waals surface area contributed by atoms with E-state index >= 15 is 0 Å². The van der Waals surface area contributed by atoms with Crippen molar-refractivity contribution in [3.63, 3.8) is 0 Å². The highest BCUT2D eigenvalue weighted by molar-refractivity contribution is 7.89. The van der Waals surface area contributed by atoms with E-state index in [0.717, 1.165) is 17.5 Å². The third-order valence-corrected chi connectivity index (χ3v) is 3.54. The fraction of sp³-hybridized carbons (Fsp3) is 0.462. The highest BCUT2D eigenvalue weighted by atomic mass is 32.2. The number of primary sulfonamides is 1. The van der Waals surface area contributed by atoms with Gasteiger partial charge in [-0.05, 0) is 43.9 Å². The average Bonchev–Trinajstić information content (AvgIpc) is 2.29. The van der Waals surface area contributed by atoms with Gasteiger partial charge >= 0.3 is 0 Å². The van der Waals surface area contributed by atoms with Crippen LogP contribution >= 0.6 is 0 Å². The van der Waals surface area contributed by atoms with E-state index in [4.69, 9.17) is 15.1 Å². The minimum absolute atomic E-state index is 0.0188. The Morgan fingerprint density at radius 1 is 1.32 bits per heavy atom. The van der Waals surface area contributed by atoms with Crippen LogP contribution in [0.4, 0.5) is 0 Å². The highest BCUT2D eigenvalue weighted by Crippen LogP contribution is 2.28. The molecule has 2 N–H and O–H groups in total. The summed E-state index contributed by atoms with van der Waals surface area (Å²) in [6, 6.07) is 5.40. The molecule has 0 bridgehead atoms. The van der Waals surface area contributed by atoms with Crippen LogP contribution < -0.4 is 9.88 Å². The number of nitriles is 1. The van der Waals surface area contributed by atoms with Gasteiger partial charge in [-0.1, -0.05) is 6.07 Å². The zero-order valence-corrected chi connectivity index (χ0v) is 12.0. The van der Waals surface area contributed by atoms with Crippen LogP contribution in [0, 0.1) is 25.2 Å². The van der Waals surface area contributed by atoms with E-state index in [1.165, 1.54) is 6.07 Å². The Morgan fingerprint density at radius 2 is 2.00 bits per heavy atom. The van der Waals surface area contributed by atoms with Crippen LogP contribution in [0.15, 0.2) is 17.0 Å². The number of hydrogen-bond donors (Lipinski definition) is 1. The molecule has 19 heavy (non-hydrogen) atoms. The molecule has 0 aliphatic heterocycles. The fourth-order valence-electron chi connectivity index (χ4n) is 1.79. The second-order valence-corrected chi connectivity index (χ2v) is 5.95. The molecule has 6 heteroatoms. The molecule has 0 radical (unpaired) electrons. The van der Waals surface area contributed by atoms with Crippen molar-refractivity contribution in [3.8, 4) is 11.8 Å². The monoisotopic (exact) mass is 282 g/mol. The zero-order valence-electron chi connectivity index (χ0n) is 11.1. The Labute approximate surface area is 114 Å². The summed E-state index contributed by atoms with van der Waals surface area (Å²) in [7, 11) is -3.80. The van der Waals surface area contributed by atoms with E-state index in [9.17, 15) is 8.42 Å². The lowest BCUT2D eigenvalue weighted by atomic mass is 10.1. The molecule has 0 unspecified atom stereocenters. The lowest BCUT2D eigenvalue weighted by Gasteiger charge is -2.13. The van der Waals surface area contributed by atoms with Crippen molar-refractivity contribution in [1.29, 1.82) is 5.26 Å². The van der Waals surface area contributed by atoms with Gasteiger partial charge in [-0.15, -0.1) is 0 Å². The summed E-state index contributed by atoms with van der Waals surface area (Å²) < 4.78 is 28.6. The summed E-state index contributed by atoms with van der Waals surface area (Å²) in [6.07, 6.45) is 1.90. The second kappa shape index (κ2) is 6.55. The molecule has 0 heterocycles. The summed E-state index contributed by atoms with van der Waals surface area (Å²) in [5.74, 6) is 0.310. The molecular weight excluding hydrogens is 264 g/mol. The van der Waals surface area contributed by atoms with Crippen LogP contribution in [0.1, 0.15) is 30.4 Å². The van der Waals surface area contributed by atoms with Gasteiger partial charge in [-0.25, -0.2) is 13.6 Å². The van der Waals surface area contributed by atoms with E-state index in [1.54, 1.807) is 13.8 Å². The topological polar surface area (TPSA) is 93.2 Å². The van der Waals surface area contributed by atoms with E-state index in [0.29, 0.717) is 25.2 Å². The van der Waals surface area contributed by atoms with Gasteiger partial charge in [0.25, 0.3) is 0 Å². The van der Waals surface area contributed by atoms with Crippen molar-refractivity contribution in [1.82, 2.24) is 0 Å². The van der Waals surface area contributed by atoms with Gasteiger partial charge < -0.3 is 4.74 Å². The number of rotatable bonds is 6. The van der Waals surface area contributed by atoms with Gasteiger partial charge in [0, 0.05) is 6.42 Å². The van der Waals surface area contributed by atoms with E-state index < -0.39 is 10.0 Å². The maximum absolute atomic E-state index is 11.5. The van der Waals surface area contributed by atoms with Crippen LogP contribution in [0.25, 0.3) is 0 Å². The second-order valence-electron chi connectivity index (χ2n) is 4.42. The molecule has 0 aliphatic rings. The van der Waals surface area contributed by atoms with E-state index in [2.05, 4.69) is 0 Å². The summed E-state index contributed by atoms with van der Waals surface area (Å²) in [6.45, 7) is 3.96. The van der Waals surface area contributed by atoms with Crippen LogP contribution in [-0.4, -0.2) is 15.0 Å². The number of nitrogens with zero attached hydrogens (tertiary/aromatic N) is 1. The molecule has 104 valence electrons. The SMILES string of the molecule is Cc1cc(C)c(OCCCCC#N)c(S(N)(=O)=O)c1. The minimum Gasteiger partial charge on any atom is -0.492 e. The zero-order chi connectivity index (χ0) is 14.5. The van der Waals surface area contributed by atoms with Gasteiger partial charge in [0.05, 0.1) is 12.7 Å². The van der Waals surface area contributed by atoms with Crippen LogP contribution in [0.2, 0.25) is 0 Å². The predicted molar refractivity (Wildman–Crippen MR) is 72.2 cm³/mol. The molecule has 1 aromatic carbocycles. The maximum atomic E-state index is 11.5. The first-order chi connectivity index (χ1) is 8.86. The third kappa shape index (κ3) is 4.54. The molecule has 0 saturated heterocycles. The van der Waals surface area contributed by atoms with E-state index in [-0.39, 0.29) is 4.90 Å². The minimum atomic E-state index is -3.80. The molecule has 0 atom stereocenters. The van der Waals surface area contributed by atoms with Crippen molar-refractivity contribution in [2.24, 2.45) is 5.14 Å². The number of aryl methyl sites for hydroxylation is 2. The summed E-state index contributed by atoms with van der Waals surface area (Å²) in [5.41, 5.74) is 1.56. The molecule has 0 aliphatic carbocycles. The van der Waals surface area contributed by atoms with Gasteiger partial charge in [0.1, 0.15) is 10.6 Å². The largest absolute Gasteiger partial charge is 0.492 e. The molecule has 0 amide bonds. The van der Waals surface area contributed by atoms with Gasteiger partial charge in [-0.2, -0.15) is 5.26 Å². The van der Waals surface area contributed by atoms with Crippen molar-refractivity contribution >= 4 is 10.0 Å². The van der Waals surface area contributed by atoms with Crippen molar-refractivity contribution in [2.75, 3.05) is 6.61 Å². The molecule has 5 nitrogen and oxygen atoms in total. The number of nitrogens with two attached hydrogens (primary N) is 1. The van der Waals surface area contributed by atoms with Crippen molar-refractivity contribution in [3.05, 3.63) is 23.3 Å². The van der Waals surface area contributed by atoms with Crippen molar-refractivity contribution < 1.29 is 13.2 Å². The number of benzene rings is 1. The van der Waals surface area contributed by atoms with Crippen molar-refractivity contribution in [2.45, 2.75) is 38.0 Å². The number of ether oxygens (including phenoxy) is 1. The Bertz CT molecular complexity index is 589. The average molecular weight is 282 g/mol. The van der Waals surface area contributed by atoms with Gasteiger partial charge in [-0.3, -0.25) is 0 Å². The number of hydrogen-bond acceptors (Lipinski definition) is 4. The van der Waals surface area contributed by atoms with Gasteiger partial charge in [0.2, 0.25) is 10.0 Å². The smallest absolute Gasteiger partial charge is 0.241 e. The maximum Gasteiger partial charge on any atom is 0.241 e. The first-order valence-electron chi connectivity index (χ1n) is 6.00. The third-order valence-electron chi connectivity index (χ3n) is 2.62. The highest BCUT2D eigenvalue weighted by Gasteiger charge is 2.18. The quantitative estimate of drug-likeness (QED) is 0.808. The molecule has 0 aromatic heterocycles. The van der Waals surface area contributed by atoms with Crippen LogP contribution in [0.3, 0.4) is 0 Å². The lowest BCUT2D eigenvalue weighted by molar-refractivity contribution is 0.298. The number of unbranched alkanes of at least 4 members (excludes halogenated alkanes) is 2.